The Kier molecular flexibility index (Phi) is 7.08. The van der Waals surface area contributed by atoms with Gasteiger partial charge in [0, 0.05) is 6.20 Å². The van der Waals surface area contributed by atoms with Crippen LogP contribution in [0.4, 0.5) is 0 Å². The van der Waals surface area contributed by atoms with Gasteiger partial charge in [0.05, 0.1) is 10.6 Å². The molecular formula is C18H23Cl2NO4. The van der Waals surface area contributed by atoms with E-state index in [2.05, 4.69) is 25.8 Å². The molecule has 1 aromatic heterocycles. The van der Waals surface area contributed by atoms with Gasteiger partial charge in [-0.15, -0.1) is 0 Å². The Morgan fingerprint density at radius 3 is 2.68 bits per heavy atom. The predicted octanol–water partition coefficient (Wildman–Crippen LogP) is 4.55. The number of esters is 2. The molecule has 2 rings (SSSR count). The Morgan fingerprint density at radius 1 is 1.32 bits per heavy atom. The van der Waals surface area contributed by atoms with Crippen molar-refractivity contribution in [2.45, 2.75) is 46.1 Å². The van der Waals surface area contributed by atoms with Crippen molar-refractivity contribution in [2.75, 3.05) is 6.61 Å². The van der Waals surface area contributed by atoms with Gasteiger partial charge < -0.3 is 9.47 Å². The van der Waals surface area contributed by atoms with Crippen molar-refractivity contribution in [3.8, 4) is 0 Å². The first kappa shape index (κ1) is 20.0. The van der Waals surface area contributed by atoms with Crippen LogP contribution in [0, 0.1) is 17.8 Å². The van der Waals surface area contributed by atoms with Gasteiger partial charge >= 0.3 is 11.9 Å². The third-order valence-corrected chi connectivity index (χ3v) is 5.28. The molecule has 7 heteroatoms. The molecule has 5 nitrogen and oxygen atoms in total. The summed E-state index contributed by atoms with van der Waals surface area (Å²) in [4.78, 5) is 27.8. The lowest BCUT2D eigenvalue weighted by molar-refractivity contribution is -0.159. The van der Waals surface area contributed by atoms with Crippen LogP contribution >= 0.6 is 23.2 Å². The summed E-state index contributed by atoms with van der Waals surface area (Å²) < 4.78 is 10.6. The molecule has 25 heavy (non-hydrogen) atoms. The van der Waals surface area contributed by atoms with Gasteiger partial charge in [-0.3, -0.25) is 0 Å². The van der Waals surface area contributed by atoms with E-state index in [9.17, 15) is 9.59 Å². The summed E-state index contributed by atoms with van der Waals surface area (Å²) in [5.41, 5.74) is 0.133. The molecule has 3 atom stereocenters. The number of halogens is 2. The number of hydrogen-bond acceptors (Lipinski definition) is 5. The van der Waals surface area contributed by atoms with Gasteiger partial charge in [-0.25, -0.2) is 14.6 Å². The van der Waals surface area contributed by atoms with Gasteiger partial charge in [0.15, 0.2) is 6.61 Å². The Balaban J connectivity index is 1.88. The van der Waals surface area contributed by atoms with Crippen LogP contribution in [0.2, 0.25) is 10.2 Å². The van der Waals surface area contributed by atoms with Gasteiger partial charge in [-0.1, -0.05) is 50.4 Å². The molecule has 1 saturated carbocycles. The summed E-state index contributed by atoms with van der Waals surface area (Å²) >= 11 is 11.5. The van der Waals surface area contributed by atoms with Crippen molar-refractivity contribution in [3.63, 3.8) is 0 Å². The Hall–Kier alpha value is -1.33. The van der Waals surface area contributed by atoms with Crippen LogP contribution in [0.5, 0.6) is 0 Å². The topological polar surface area (TPSA) is 65.5 Å². The summed E-state index contributed by atoms with van der Waals surface area (Å²) in [7, 11) is 0. The van der Waals surface area contributed by atoms with Crippen LogP contribution in [-0.4, -0.2) is 29.6 Å². The van der Waals surface area contributed by atoms with Crippen LogP contribution in [-0.2, 0) is 14.3 Å². The molecule has 0 aliphatic heterocycles. The molecule has 0 spiro atoms. The van der Waals surface area contributed by atoms with Crippen molar-refractivity contribution in [1.29, 1.82) is 0 Å². The van der Waals surface area contributed by atoms with E-state index in [4.69, 9.17) is 32.7 Å². The van der Waals surface area contributed by atoms with Crippen LogP contribution in [0.15, 0.2) is 12.3 Å². The molecule has 3 unspecified atom stereocenters. The fraction of sp³-hybridized carbons (Fsp3) is 0.611. The zero-order chi connectivity index (χ0) is 18.6. The molecule has 0 aromatic carbocycles. The highest BCUT2D eigenvalue weighted by Crippen LogP contribution is 2.35. The quantitative estimate of drug-likeness (QED) is 0.547. The Bertz CT molecular complexity index is 636. The molecule has 1 aliphatic carbocycles. The Morgan fingerprint density at radius 2 is 2.04 bits per heavy atom. The van der Waals surface area contributed by atoms with E-state index in [1.54, 1.807) is 0 Å². The number of hydrogen-bond donors (Lipinski definition) is 0. The number of ether oxygens (including phenoxy) is 2. The summed E-state index contributed by atoms with van der Waals surface area (Å²) in [6.45, 7) is 6.00. The minimum Gasteiger partial charge on any atom is -0.460 e. The second-order valence-corrected chi connectivity index (χ2v) is 7.69. The van der Waals surface area contributed by atoms with Crippen LogP contribution in [0.1, 0.15) is 50.4 Å². The number of pyridine rings is 1. The van der Waals surface area contributed by atoms with Gasteiger partial charge in [0.25, 0.3) is 0 Å². The normalized spacial score (nSPS) is 23.4. The largest absolute Gasteiger partial charge is 0.460 e. The predicted molar refractivity (Wildman–Crippen MR) is 95.8 cm³/mol. The van der Waals surface area contributed by atoms with E-state index in [0.29, 0.717) is 17.8 Å². The minimum atomic E-state index is -0.694. The van der Waals surface area contributed by atoms with E-state index in [-0.39, 0.29) is 21.8 Å². The SMILES string of the molecule is CC1CCC(C(C)C)C(OC(=O)COC(=O)c2cnc(Cl)c(Cl)c2)C1. The average Bonchev–Trinajstić information content (AvgIpc) is 2.55. The second-order valence-electron chi connectivity index (χ2n) is 6.93. The fourth-order valence-electron chi connectivity index (χ4n) is 3.19. The van der Waals surface area contributed by atoms with Crippen molar-refractivity contribution < 1.29 is 19.1 Å². The van der Waals surface area contributed by atoms with Gasteiger partial charge in [-0.2, -0.15) is 0 Å². The maximum atomic E-state index is 12.1. The molecule has 0 bridgehead atoms. The third kappa shape index (κ3) is 5.58. The molecular weight excluding hydrogens is 365 g/mol. The first-order chi connectivity index (χ1) is 11.8. The number of nitrogens with zero attached hydrogens (tertiary/aromatic N) is 1. The van der Waals surface area contributed by atoms with E-state index in [1.807, 2.05) is 0 Å². The molecule has 138 valence electrons. The maximum absolute atomic E-state index is 12.1. The van der Waals surface area contributed by atoms with Crippen molar-refractivity contribution in [3.05, 3.63) is 28.0 Å². The lowest BCUT2D eigenvalue weighted by Crippen LogP contribution is -2.36. The van der Waals surface area contributed by atoms with Gasteiger partial charge in [0.1, 0.15) is 11.3 Å². The number of aromatic nitrogens is 1. The minimum absolute atomic E-state index is 0.101. The van der Waals surface area contributed by atoms with Crippen molar-refractivity contribution >= 4 is 35.1 Å². The molecule has 0 amide bonds. The fourth-order valence-corrected chi connectivity index (χ4v) is 3.46. The van der Waals surface area contributed by atoms with E-state index >= 15 is 0 Å². The lowest BCUT2D eigenvalue weighted by atomic mass is 9.75. The molecule has 0 radical (unpaired) electrons. The lowest BCUT2D eigenvalue weighted by Gasteiger charge is -2.36. The van der Waals surface area contributed by atoms with Crippen LogP contribution < -0.4 is 0 Å². The van der Waals surface area contributed by atoms with Gasteiger partial charge in [-0.05, 0) is 36.7 Å². The van der Waals surface area contributed by atoms with Crippen molar-refractivity contribution in [1.82, 2.24) is 4.98 Å². The smallest absolute Gasteiger partial charge is 0.344 e. The standard InChI is InChI=1S/C18H23Cl2NO4/c1-10(2)13-5-4-11(3)6-15(13)25-16(22)9-24-18(23)12-7-14(19)17(20)21-8-12/h7-8,10-11,13,15H,4-6,9H2,1-3H3. The number of rotatable bonds is 5. The molecule has 0 saturated heterocycles. The highest BCUT2D eigenvalue weighted by Gasteiger charge is 2.33. The monoisotopic (exact) mass is 387 g/mol. The summed E-state index contributed by atoms with van der Waals surface area (Å²) in [5.74, 6) is 0.0782. The first-order valence-corrected chi connectivity index (χ1v) is 9.21. The average molecular weight is 388 g/mol. The molecule has 0 N–H and O–H groups in total. The highest BCUT2D eigenvalue weighted by molar-refractivity contribution is 6.41. The molecule has 1 heterocycles. The summed E-state index contributed by atoms with van der Waals surface area (Å²) in [6.07, 6.45) is 4.17. The Labute approximate surface area is 158 Å². The summed E-state index contributed by atoms with van der Waals surface area (Å²) in [6, 6.07) is 1.35. The summed E-state index contributed by atoms with van der Waals surface area (Å²) in [5, 5.41) is 0.249. The highest BCUT2D eigenvalue weighted by atomic mass is 35.5. The zero-order valence-corrected chi connectivity index (χ0v) is 16.1. The number of carbonyl (C=O) groups excluding carboxylic acids is 2. The second kappa shape index (κ2) is 8.86. The van der Waals surface area contributed by atoms with Crippen molar-refractivity contribution in [2.24, 2.45) is 17.8 Å². The van der Waals surface area contributed by atoms with Crippen LogP contribution in [0.3, 0.4) is 0 Å². The van der Waals surface area contributed by atoms with Crippen LogP contribution in [0.25, 0.3) is 0 Å². The first-order valence-electron chi connectivity index (χ1n) is 8.45. The van der Waals surface area contributed by atoms with E-state index < -0.39 is 18.5 Å². The van der Waals surface area contributed by atoms with Gasteiger partial charge in [0.2, 0.25) is 0 Å². The maximum Gasteiger partial charge on any atom is 0.344 e. The molecule has 1 aromatic rings. The van der Waals surface area contributed by atoms with E-state index in [1.165, 1.54) is 12.3 Å². The van der Waals surface area contributed by atoms with E-state index in [0.717, 1.165) is 19.3 Å². The number of carbonyl (C=O) groups is 2. The molecule has 1 fully saturated rings. The molecule has 1 aliphatic rings. The third-order valence-electron chi connectivity index (χ3n) is 4.60. The zero-order valence-electron chi connectivity index (χ0n) is 14.6.